The first-order valence-electron chi connectivity index (χ1n) is 6.92. The number of ether oxygens (including phenoxy) is 2. The van der Waals surface area contributed by atoms with E-state index >= 15 is 0 Å². The minimum absolute atomic E-state index is 0.0723. The monoisotopic (exact) mass is 373 g/mol. The lowest BCUT2D eigenvalue weighted by Crippen LogP contribution is -2.26. The molecule has 0 radical (unpaired) electrons. The Bertz CT molecular complexity index is 842. The van der Waals surface area contributed by atoms with Crippen molar-refractivity contribution in [1.29, 1.82) is 0 Å². The predicted molar refractivity (Wildman–Crippen MR) is 89.6 cm³/mol. The Balaban J connectivity index is 2.27. The lowest BCUT2D eigenvalue weighted by atomic mass is 10.2. The Morgan fingerprint density at radius 2 is 1.75 bits per heavy atom. The van der Waals surface area contributed by atoms with Crippen molar-refractivity contribution in [2.75, 3.05) is 21.3 Å². The first kappa shape index (κ1) is 18.5. The van der Waals surface area contributed by atoms with E-state index in [0.29, 0.717) is 17.1 Å². The normalized spacial score (nSPS) is 11.6. The predicted octanol–water partition coefficient (Wildman–Crippen LogP) is 3.32. The van der Waals surface area contributed by atoms with Gasteiger partial charge in [0.15, 0.2) is 11.5 Å². The number of hydrogen-bond donors (Lipinski definition) is 0. The summed E-state index contributed by atoms with van der Waals surface area (Å²) in [6.45, 7) is 0.109. The summed E-state index contributed by atoms with van der Waals surface area (Å²) in [5.41, 5.74) is 0.715. The summed E-state index contributed by atoms with van der Waals surface area (Å²) in [6, 6.07) is 8.44. The smallest absolute Gasteiger partial charge is 0.243 e. The zero-order valence-corrected chi connectivity index (χ0v) is 15.0. The average Bonchev–Trinajstić information content (AvgIpc) is 2.56. The van der Waals surface area contributed by atoms with Crippen molar-refractivity contribution in [3.63, 3.8) is 0 Å². The van der Waals surface area contributed by atoms with Crippen molar-refractivity contribution in [2.24, 2.45) is 0 Å². The summed E-state index contributed by atoms with van der Waals surface area (Å²) in [6.07, 6.45) is 0. The van der Waals surface area contributed by atoms with Gasteiger partial charge in [-0.25, -0.2) is 12.8 Å². The van der Waals surface area contributed by atoms with Crippen LogP contribution in [0.5, 0.6) is 11.5 Å². The third-order valence-electron chi connectivity index (χ3n) is 3.45. The van der Waals surface area contributed by atoms with Gasteiger partial charge in [0, 0.05) is 13.6 Å². The molecule has 0 aliphatic rings. The number of sulfonamides is 1. The molecular weight excluding hydrogens is 357 g/mol. The SMILES string of the molecule is COc1ccc(CN(C)S(=O)(=O)c2ccc(F)c(Cl)c2)cc1OC. The molecular formula is C16H17ClFNO4S. The van der Waals surface area contributed by atoms with Gasteiger partial charge in [0.05, 0.1) is 24.1 Å². The Labute approximate surface area is 145 Å². The second-order valence-corrected chi connectivity index (χ2v) is 7.48. The number of methoxy groups -OCH3 is 2. The second kappa shape index (κ2) is 7.38. The molecule has 0 N–H and O–H groups in total. The maximum atomic E-state index is 13.2. The van der Waals surface area contributed by atoms with Crippen LogP contribution in [0.25, 0.3) is 0 Å². The van der Waals surface area contributed by atoms with Crippen molar-refractivity contribution < 1.29 is 22.3 Å². The molecule has 0 fully saturated rings. The number of rotatable bonds is 6. The molecule has 0 heterocycles. The van der Waals surface area contributed by atoms with Crippen molar-refractivity contribution in [2.45, 2.75) is 11.4 Å². The number of hydrogen-bond acceptors (Lipinski definition) is 4. The Morgan fingerprint density at radius 3 is 2.33 bits per heavy atom. The third-order valence-corrected chi connectivity index (χ3v) is 5.54. The molecule has 130 valence electrons. The molecule has 0 aromatic heterocycles. The van der Waals surface area contributed by atoms with Crippen LogP contribution in [0.3, 0.4) is 0 Å². The van der Waals surface area contributed by atoms with E-state index in [2.05, 4.69) is 0 Å². The number of nitrogens with zero attached hydrogens (tertiary/aromatic N) is 1. The fourth-order valence-electron chi connectivity index (χ4n) is 2.14. The Morgan fingerprint density at radius 1 is 1.08 bits per heavy atom. The van der Waals surface area contributed by atoms with Crippen molar-refractivity contribution >= 4 is 21.6 Å². The number of halogens is 2. The summed E-state index contributed by atoms with van der Waals surface area (Å²) >= 11 is 5.67. The molecule has 24 heavy (non-hydrogen) atoms. The standard InChI is InChI=1S/C16H17ClFNO4S/c1-19(10-11-4-7-15(22-2)16(8-11)23-3)24(20,21)12-5-6-14(18)13(17)9-12/h4-9H,10H2,1-3H3. The van der Waals surface area contributed by atoms with Crippen LogP contribution in [-0.2, 0) is 16.6 Å². The van der Waals surface area contributed by atoms with Gasteiger partial charge in [-0.15, -0.1) is 0 Å². The van der Waals surface area contributed by atoms with E-state index in [1.54, 1.807) is 18.2 Å². The minimum Gasteiger partial charge on any atom is -0.493 e. The quantitative estimate of drug-likeness (QED) is 0.779. The molecule has 0 unspecified atom stereocenters. The summed E-state index contributed by atoms with van der Waals surface area (Å²) in [4.78, 5) is -0.0723. The molecule has 2 rings (SSSR count). The van der Waals surface area contributed by atoms with Gasteiger partial charge < -0.3 is 9.47 Å². The fraction of sp³-hybridized carbons (Fsp3) is 0.250. The van der Waals surface area contributed by atoms with E-state index in [1.807, 2.05) is 0 Å². The molecule has 0 spiro atoms. The van der Waals surface area contributed by atoms with Gasteiger partial charge in [-0.2, -0.15) is 4.31 Å². The summed E-state index contributed by atoms with van der Waals surface area (Å²) in [7, 11) is 0.655. The maximum absolute atomic E-state index is 13.2. The van der Waals surface area contributed by atoms with Crippen LogP contribution in [-0.4, -0.2) is 34.0 Å². The van der Waals surface area contributed by atoms with Gasteiger partial charge in [-0.1, -0.05) is 17.7 Å². The zero-order valence-electron chi connectivity index (χ0n) is 13.4. The highest BCUT2D eigenvalue weighted by Crippen LogP contribution is 2.29. The average molecular weight is 374 g/mol. The maximum Gasteiger partial charge on any atom is 0.243 e. The summed E-state index contributed by atoms with van der Waals surface area (Å²) in [5.74, 6) is 0.390. The van der Waals surface area contributed by atoms with Crippen LogP contribution in [0.4, 0.5) is 4.39 Å². The van der Waals surface area contributed by atoms with Gasteiger partial charge in [-0.3, -0.25) is 0 Å². The van der Waals surface area contributed by atoms with E-state index in [-0.39, 0.29) is 16.5 Å². The highest BCUT2D eigenvalue weighted by Gasteiger charge is 2.22. The van der Waals surface area contributed by atoms with Gasteiger partial charge in [0.25, 0.3) is 0 Å². The highest BCUT2D eigenvalue weighted by atomic mass is 35.5. The third kappa shape index (κ3) is 3.80. The van der Waals surface area contributed by atoms with Gasteiger partial charge in [0.2, 0.25) is 10.0 Å². The molecule has 2 aromatic carbocycles. The molecule has 2 aromatic rings. The van der Waals surface area contributed by atoms with E-state index in [1.165, 1.54) is 27.3 Å². The van der Waals surface area contributed by atoms with Crippen molar-refractivity contribution in [3.05, 3.63) is 52.8 Å². The molecule has 8 heteroatoms. The molecule has 0 bridgehead atoms. The lowest BCUT2D eigenvalue weighted by Gasteiger charge is -2.18. The molecule has 0 aliphatic heterocycles. The van der Waals surface area contributed by atoms with Crippen LogP contribution in [0.2, 0.25) is 5.02 Å². The van der Waals surface area contributed by atoms with Crippen molar-refractivity contribution in [1.82, 2.24) is 4.31 Å². The van der Waals surface area contributed by atoms with Gasteiger partial charge in [-0.05, 0) is 35.9 Å². The first-order chi connectivity index (χ1) is 11.3. The van der Waals surface area contributed by atoms with E-state index in [4.69, 9.17) is 21.1 Å². The van der Waals surface area contributed by atoms with Crippen LogP contribution in [0.15, 0.2) is 41.3 Å². The highest BCUT2D eigenvalue weighted by molar-refractivity contribution is 7.89. The van der Waals surface area contributed by atoms with E-state index in [9.17, 15) is 12.8 Å². The summed E-state index contributed by atoms with van der Waals surface area (Å²) in [5, 5.41) is -0.240. The van der Waals surface area contributed by atoms with Crippen LogP contribution >= 0.6 is 11.6 Å². The van der Waals surface area contributed by atoms with Gasteiger partial charge >= 0.3 is 0 Å². The Hall–Kier alpha value is -1.83. The first-order valence-corrected chi connectivity index (χ1v) is 8.73. The van der Waals surface area contributed by atoms with Crippen LogP contribution in [0.1, 0.15) is 5.56 Å². The minimum atomic E-state index is -3.80. The van der Waals surface area contributed by atoms with Crippen molar-refractivity contribution in [3.8, 4) is 11.5 Å². The van der Waals surface area contributed by atoms with Crippen LogP contribution < -0.4 is 9.47 Å². The largest absolute Gasteiger partial charge is 0.493 e. The Kier molecular flexibility index (Phi) is 5.69. The molecule has 0 amide bonds. The fourth-order valence-corrected chi connectivity index (χ4v) is 3.57. The van der Waals surface area contributed by atoms with E-state index in [0.717, 1.165) is 16.4 Å². The van der Waals surface area contributed by atoms with E-state index < -0.39 is 15.8 Å². The van der Waals surface area contributed by atoms with Gasteiger partial charge in [0.1, 0.15) is 5.82 Å². The number of benzene rings is 2. The zero-order chi connectivity index (χ0) is 17.9. The molecule has 0 aliphatic carbocycles. The summed E-state index contributed by atoms with van der Waals surface area (Å²) < 4.78 is 49.9. The van der Waals surface area contributed by atoms with Crippen LogP contribution in [0, 0.1) is 5.82 Å². The molecule has 0 saturated carbocycles. The second-order valence-electron chi connectivity index (χ2n) is 5.03. The lowest BCUT2D eigenvalue weighted by molar-refractivity contribution is 0.354. The molecule has 0 saturated heterocycles. The molecule has 5 nitrogen and oxygen atoms in total. The topological polar surface area (TPSA) is 55.8 Å². The molecule has 0 atom stereocenters.